The van der Waals surface area contributed by atoms with Gasteiger partial charge in [0.05, 0.1) is 6.54 Å². The molecule has 0 unspecified atom stereocenters. The van der Waals surface area contributed by atoms with E-state index in [1.807, 2.05) is 50.2 Å². The summed E-state index contributed by atoms with van der Waals surface area (Å²) in [6, 6.07) is 11.7. The molecule has 0 atom stereocenters. The number of nitrogens with zero attached hydrogens (tertiary/aromatic N) is 1. The first-order chi connectivity index (χ1) is 11.4. The lowest BCUT2D eigenvalue weighted by Crippen LogP contribution is -2.32. The number of aryl methyl sites for hydroxylation is 2. The Morgan fingerprint density at radius 1 is 1.21 bits per heavy atom. The predicted octanol–water partition coefficient (Wildman–Crippen LogP) is 3.45. The summed E-state index contributed by atoms with van der Waals surface area (Å²) in [4.78, 5) is 13.2. The summed E-state index contributed by atoms with van der Waals surface area (Å²) in [6.07, 6.45) is 0. The van der Waals surface area contributed by atoms with Gasteiger partial charge in [0.25, 0.3) is 0 Å². The summed E-state index contributed by atoms with van der Waals surface area (Å²) in [6.45, 7) is 4.98. The lowest BCUT2D eigenvalue weighted by atomic mass is 10.1. The van der Waals surface area contributed by atoms with Crippen LogP contribution in [0.5, 0.6) is 5.75 Å². The van der Waals surface area contributed by atoms with E-state index < -0.39 is 0 Å². The maximum Gasteiger partial charge on any atom is 0.236 e. The first-order valence-electron chi connectivity index (χ1n) is 7.82. The highest BCUT2D eigenvalue weighted by Gasteiger charge is 2.11. The zero-order valence-electron chi connectivity index (χ0n) is 14.3. The van der Waals surface area contributed by atoms with E-state index >= 15 is 0 Å². The van der Waals surface area contributed by atoms with Crippen LogP contribution in [-0.4, -0.2) is 24.4 Å². The third-order valence-electron chi connectivity index (χ3n) is 3.87. The monoisotopic (exact) mass is 346 g/mol. The number of hydrogen-bond donors (Lipinski definition) is 1. The second kappa shape index (κ2) is 8.18. The molecule has 128 valence electrons. The Bertz CT molecular complexity index is 708. The van der Waals surface area contributed by atoms with Crippen LogP contribution in [0.15, 0.2) is 36.4 Å². The highest BCUT2D eigenvalue weighted by Crippen LogP contribution is 2.27. The molecular formula is C19H23ClN2O2. The molecule has 0 spiro atoms. The van der Waals surface area contributed by atoms with Crippen molar-refractivity contribution < 1.29 is 9.53 Å². The number of halogens is 1. The minimum Gasteiger partial charge on any atom is -0.488 e. The van der Waals surface area contributed by atoms with Gasteiger partial charge in [-0.3, -0.25) is 4.79 Å². The fraction of sp³-hybridized carbons (Fsp3) is 0.316. The normalized spacial score (nSPS) is 10.5. The van der Waals surface area contributed by atoms with E-state index in [1.165, 1.54) is 0 Å². The van der Waals surface area contributed by atoms with E-state index in [0.717, 1.165) is 28.0 Å². The quantitative estimate of drug-likeness (QED) is 0.871. The molecule has 0 saturated carbocycles. The van der Waals surface area contributed by atoms with Crippen molar-refractivity contribution in [2.75, 3.05) is 13.6 Å². The number of carbonyl (C=O) groups is 1. The Hall–Kier alpha value is -2.04. The van der Waals surface area contributed by atoms with Crippen molar-refractivity contribution in [3.05, 3.63) is 63.7 Å². The molecule has 0 aliphatic carbocycles. The first-order valence-corrected chi connectivity index (χ1v) is 8.20. The van der Waals surface area contributed by atoms with Gasteiger partial charge in [0.2, 0.25) is 5.91 Å². The Balaban J connectivity index is 2.12. The Labute approximate surface area is 148 Å². The molecule has 2 aromatic rings. The number of hydrogen-bond acceptors (Lipinski definition) is 3. The second-order valence-corrected chi connectivity index (χ2v) is 6.30. The SMILES string of the molecule is Cc1cc(CN(C)C(=O)CN)cc(C)c1OCc1ccccc1Cl. The molecule has 24 heavy (non-hydrogen) atoms. The van der Waals surface area contributed by atoms with Crippen molar-refractivity contribution in [3.8, 4) is 5.75 Å². The molecule has 2 rings (SSSR count). The van der Waals surface area contributed by atoms with E-state index in [0.29, 0.717) is 18.2 Å². The van der Waals surface area contributed by atoms with Crippen LogP contribution < -0.4 is 10.5 Å². The number of rotatable bonds is 6. The standard InChI is InChI=1S/C19H23ClN2O2/c1-13-8-15(11-22(3)18(23)10-21)9-14(2)19(13)24-12-16-6-4-5-7-17(16)20/h4-9H,10-12,21H2,1-3H3. The molecule has 1 amide bonds. The molecule has 4 nitrogen and oxygen atoms in total. The molecule has 0 aliphatic heterocycles. The predicted molar refractivity (Wildman–Crippen MR) is 97.2 cm³/mol. The molecule has 0 bridgehead atoms. The second-order valence-electron chi connectivity index (χ2n) is 5.89. The summed E-state index contributed by atoms with van der Waals surface area (Å²) in [5, 5.41) is 0.700. The first kappa shape index (κ1) is 18.3. The van der Waals surface area contributed by atoms with Gasteiger partial charge in [0.15, 0.2) is 0 Å². The van der Waals surface area contributed by atoms with Crippen LogP contribution >= 0.6 is 11.6 Å². The third-order valence-corrected chi connectivity index (χ3v) is 4.24. The number of likely N-dealkylation sites (N-methyl/N-ethyl adjacent to an activating group) is 1. The maximum atomic E-state index is 11.6. The summed E-state index contributed by atoms with van der Waals surface area (Å²) in [7, 11) is 1.75. The highest BCUT2D eigenvalue weighted by atomic mass is 35.5. The molecule has 0 saturated heterocycles. The van der Waals surface area contributed by atoms with E-state index in [1.54, 1.807) is 11.9 Å². The van der Waals surface area contributed by atoms with Gasteiger partial charge in [0.1, 0.15) is 12.4 Å². The largest absolute Gasteiger partial charge is 0.488 e. The Morgan fingerprint density at radius 2 is 1.83 bits per heavy atom. The van der Waals surface area contributed by atoms with Crippen LogP contribution in [0.4, 0.5) is 0 Å². The van der Waals surface area contributed by atoms with Gasteiger partial charge in [-0.1, -0.05) is 41.9 Å². The fourth-order valence-corrected chi connectivity index (χ4v) is 2.83. The average Bonchev–Trinajstić information content (AvgIpc) is 2.54. The summed E-state index contributed by atoms with van der Waals surface area (Å²) in [5.41, 5.74) is 9.47. The molecule has 0 aliphatic rings. The van der Waals surface area contributed by atoms with Crippen LogP contribution in [0, 0.1) is 13.8 Å². The van der Waals surface area contributed by atoms with Crippen molar-refractivity contribution in [2.24, 2.45) is 5.73 Å². The highest BCUT2D eigenvalue weighted by molar-refractivity contribution is 6.31. The molecule has 5 heteroatoms. The minimum atomic E-state index is -0.0793. The van der Waals surface area contributed by atoms with E-state index in [-0.39, 0.29) is 12.5 Å². The van der Waals surface area contributed by atoms with Gasteiger partial charge in [-0.15, -0.1) is 0 Å². The lowest BCUT2D eigenvalue weighted by molar-refractivity contribution is -0.128. The van der Waals surface area contributed by atoms with Crippen LogP contribution in [0.25, 0.3) is 0 Å². The van der Waals surface area contributed by atoms with E-state index in [2.05, 4.69) is 0 Å². The molecule has 2 aromatic carbocycles. The third kappa shape index (κ3) is 4.49. The van der Waals surface area contributed by atoms with E-state index in [4.69, 9.17) is 22.1 Å². The van der Waals surface area contributed by atoms with Gasteiger partial charge >= 0.3 is 0 Å². The van der Waals surface area contributed by atoms with Crippen LogP contribution in [0.1, 0.15) is 22.3 Å². The topological polar surface area (TPSA) is 55.6 Å². The Kier molecular flexibility index (Phi) is 6.23. The molecule has 0 fully saturated rings. The number of nitrogens with two attached hydrogens (primary N) is 1. The number of carbonyl (C=O) groups excluding carboxylic acids is 1. The molecule has 0 heterocycles. The molecule has 0 radical (unpaired) electrons. The van der Waals surface area contributed by atoms with Crippen molar-refractivity contribution in [1.82, 2.24) is 4.90 Å². The number of benzene rings is 2. The van der Waals surface area contributed by atoms with Gasteiger partial charge in [-0.25, -0.2) is 0 Å². The van der Waals surface area contributed by atoms with Crippen molar-refractivity contribution >= 4 is 17.5 Å². The summed E-state index contributed by atoms with van der Waals surface area (Å²) >= 11 is 6.17. The molecule has 0 aromatic heterocycles. The van der Waals surface area contributed by atoms with Crippen LogP contribution in [0.2, 0.25) is 5.02 Å². The van der Waals surface area contributed by atoms with Crippen LogP contribution in [0.3, 0.4) is 0 Å². The molecular weight excluding hydrogens is 324 g/mol. The van der Waals surface area contributed by atoms with Crippen LogP contribution in [-0.2, 0) is 17.9 Å². The zero-order valence-corrected chi connectivity index (χ0v) is 15.1. The number of amides is 1. The lowest BCUT2D eigenvalue weighted by Gasteiger charge is -2.19. The zero-order chi connectivity index (χ0) is 17.7. The smallest absolute Gasteiger partial charge is 0.236 e. The van der Waals surface area contributed by atoms with Gasteiger partial charge < -0.3 is 15.4 Å². The number of ether oxygens (including phenoxy) is 1. The minimum absolute atomic E-state index is 0.0213. The van der Waals surface area contributed by atoms with Gasteiger partial charge in [-0.2, -0.15) is 0 Å². The van der Waals surface area contributed by atoms with E-state index in [9.17, 15) is 4.79 Å². The van der Waals surface area contributed by atoms with Crippen molar-refractivity contribution in [3.63, 3.8) is 0 Å². The average molecular weight is 347 g/mol. The summed E-state index contributed by atoms with van der Waals surface area (Å²) < 4.78 is 5.98. The molecule has 2 N–H and O–H groups in total. The van der Waals surface area contributed by atoms with Crippen molar-refractivity contribution in [2.45, 2.75) is 27.0 Å². The fourth-order valence-electron chi connectivity index (χ4n) is 2.64. The van der Waals surface area contributed by atoms with Gasteiger partial charge in [0, 0.05) is 24.2 Å². The van der Waals surface area contributed by atoms with Crippen molar-refractivity contribution in [1.29, 1.82) is 0 Å². The van der Waals surface area contributed by atoms with Gasteiger partial charge in [-0.05, 0) is 36.6 Å². The summed E-state index contributed by atoms with van der Waals surface area (Å²) in [5.74, 6) is 0.774. The maximum absolute atomic E-state index is 11.6. The Morgan fingerprint density at radius 3 is 2.42 bits per heavy atom.